The zero-order valence-corrected chi connectivity index (χ0v) is 45.1. The van der Waals surface area contributed by atoms with Crippen LogP contribution in [0.5, 0.6) is 0 Å². The monoisotopic (exact) mass is 1080 g/mol. The smallest absolute Gasteiger partial charge is 0.310 e. The van der Waals surface area contributed by atoms with E-state index in [-0.39, 0.29) is 85.8 Å². The van der Waals surface area contributed by atoms with Crippen molar-refractivity contribution in [2.24, 2.45) is 34.5 Å². The van der Waals surface area contributed by atoms with E-state index in [2.05, 4.69) is 14.2 Å². The zero-order chi connectivity index (χ0) is 54.3. The minimum Gasteiger partial charge on any atom is -0.461 e. The Morgan fingerprint density at radius 2 is 1.01 bits per heavy atom. The van der Waals surface area contributed by atoms with Crippen molar-refractivity contribution < 1.29 is 74.6 Å². The molecule has 22 heteroatoms. The van der Waals surface area contributed by atoms with Gasteiger partial charge in [-0.1, -0.05) is 63.8 Å². The van der Waals surface area contributed by atoms with Crippen molar-refractivity contribution in [2.45, 2.75) is 198 Å². The SMILES string of the molecule is CC(=O)OC(C)=O.CC(=O)O[C@@H]1C[C@H]2C(=O)C[C@]3(C(=O)NS(=O)(=O)C4CC4)C[C@H]3/C=C\CCCCC[C@H](C)C(=O)N2C1.C[C@H]1CCCCC/C=C\[C@@H]2C[C@@]2(C(=O)NS(=O)(=O)C2CC2)CC(=O)[C@@H]2C[C@@H](O)CN2C1=O. The van der Waals surface area contributed by atoms with E-state index in [0.717, 1.165) is 57.8 Å². The first-order valence-corrected chi connectivity index (χ1v) is 29.6. The van der Waals surface area contributed by atoms with Gasteiger partial charge in [0.05, 0.1) is 46.1 Å². The van der Waals surface area contributed by atoms with Crippen molar-refractivity contribution in [1.29, 1.82) is 0 Å². The molecule has 6 fully saturated rings. The molecule has 20 nitrogen and oxygen atoms in total. The molecule has 412 valence electrons. The first-order chi connectivity index (χ1) is 34.8. The van der Waals surface area contributed by atoms with E-state index in [0.29, 0.717) is 44.9 Å². The molecular weight excluding hydrogens is 1000 g/mol. The molecule has 0 aromatic carbocycles. The molecule has 4 amide bonds. The maximum absolute atomic E-state index is 13.6. The van der Waals surface area contributed by atoms with Gasteiger partial charge in [0.15, 0.2) is 11.6 Å². The van der Waals surface area contributed by atoms with Crippen molar-refractivity contribution in [1.82, 2.24) is 19.2 Å². The number of amides is 4. The van der Waals surface area contributed by atoms with E-state index in [1.165, 1.54) is 30.6 Å². The van der Waals surface area contributed by atoms with Crippen LogP contribution in [0.3, 0.4) is 0 Å². The maximum atomic E-state index is 13.6. The van der Waals surface area contributed by atoms with Crippen molar-refractivity contribution in [3.05, 3.63) is 24.3 Å². The Bertz CT molecular complexity index is 2460. The normalized spacial score (nSPS) is 33.6. The number of hydrogen-bond donors (Lipinski definition) is 3. The van der Waals surface area contributed by atoms with Gasteiger partial charge in [0.2, 0.25) is 43.7 Å². The fourth-order valence-corrected chi connectivity index (χ4v) is 13.6. The summed E-state index contributed by atoms with van der Waals surface area (Å²) in [6.45, 7) is 7.65. The zero-order valence-electron chi connectivity index (χ0n) is 43.4. The number of carbonyl (C=O) groups is 9. The van der Waals surface area contributed by atoms with Crippen LogP contribution in [0.25, 0.3) is 0 Å². The average Bonchev–Trinajstić information content (AvgIpc) is 4.13. The molecule has 4 aliphatic carbocycles. The molecule has 4 aliphatic heterocycles. The lowest BCUT2D eigenvalue weighted by atomic mass is 9.91. The summed E-state index contributed by atoms with van der Waals surface area (Å²) in [6.07, 6.45) is 18.5. The molecule has 3 N–H and O–H groups in total. The van der Waals surface area contributed by atoms with Crippen molar-refractivity contribution in [3.63, 3.8) is 0 Å². The topological polar surface area (TPSA) is 291 Å². The Labute approximate surface area is 435 Å². The van der Waals surface area contributed by atoms with Crippen LogP contribution in [-0.2, 0) is 72.7 Å². The molecule has 4 saturated carbocycles. The summed E-state index contributed by atoms with van der Waals surface area (Å²) < 4.78 is 63.4. The van der Waals surface area contributed by atoms with E-state index < -0.39 is 95.4 Å². The third kappa shape index (κ3) is 15.2. The van der Waals surface area contributed by atoms with Gasteiger partial charge in [-0.05, 0) is 88.9 Å². The molecule has 0 unspecified atom stereocenters. The molecular formula is C52H76N4O16S2. The number of nitrogens with zero attached hydrogens (tertiary/aromatic N) is 2. The van der Waals surface area contributed by atoms with E-state index in [1.807, 2.05) is 38.2 Å². The lowest BCUT2D eigenvalue weighted by molar-refractivity contribution is -0.156. The first-order valence-electron chi connectivity index (χ1n) is 26.5. The third-order valence-electron chi connectivity index (χ3n) is 15.6. The van der Waals surface area contributed by atoms with Crippen LogP contribution in [0.1, 0.15) is 163 Å². The fourth-order valence-electron chi connectivity index (χ4n) is 10.8. The van der Waals surface area contributed by atoms with Gasteiger partial charge in [-0.25, -0.2) is 16.8 Å². The number of rotatable bonds is 7. The molecule has 0 radical (unpaired) electrons. The number of nitrogens with one attached hydrogen (secondary N) is 2. The second kappa shape index (κ2) is 24.4. The van der Waals surface area contributed by atoms with Gasteiger partial charge < -0.3 is 24.4 Å². The number of esters is 3. The quantitative estimate of drug-likeness (QED) is 0.184. The lowest BCUT2D eigenvalue weighted by Crippen LogP contribution is -2.46. The van der Waals surface area contributed by atoms with Gasteiger partial charge in [-0.15, -0.1) is 0 Å². The van der Waals surface area contributed by atoms with E-state index in [9.17, 15) is 65.1 Å². The standard InChI is InChI=1S/C25H36N2O7S.C23H34N2O6S.C4H6O3/c1-16-8-6-4-3-5-7-9-18-13-25(18,24(31)26-35(32,33)20-10-11-20)14-22(29)21-12-19(34-17(2)28)15-27(21)23(16)30;1-15-7-5-3-2-4-6-8-16-12-23(16,22(29)24-32(30,31)18-9-10-18)13-20(27)19-11-17(26)14-25(19)21(15)28;1-3(5)7-4(2)6/h7,9,16,18-21H,3-6,8,10-15H2,1-2H3,(H,26,31);6,8,15-19,26H,2-5,7,9-14H2,1H3,(H,24,29);1-2H3/b9-7-;8-6-;/t16-,18+,19+,21-,25+;15-,16+,17+,19-,23+;/m00./s1. The fraction of sp³-hybridized carbons (Fsp3) is 0.750. The molecule has 4 heterocycles. The summed E-state index contributed by atoms with van der Waals surface area (Å²) in [5, 5.41) is 9.14. The maximum Gasteiger partial charge on any atom is 0.310 e. The van der Waals surface area contributed by atoms with Crippen LogP contribution >= 0.6 is 0 Å². The summed E-state index contributed by atoms with van der Waals surface area (Å²) in [6, 6.07) is -1.56. The highest BCUT2D eigenvalue weighted by Crippen LogP contribution is 2.58. The highest BCUT2D eigenvalue weighted by atomic mass is 32.2. The average molecular weight is 1080 g/mol. The number of carbonyl (C=O) groups excluding carboxylic acids is 9. The number of Topliss-reactive ketones (excluding diaryl/α,β-unsaturated/α-hetero) is 2. The van der Waals surface area contributed by atoms with Gasteiger partial charge in [0.25, 0.3) is 0 Å². The van der Waals surface area contributed by atoms with Crippen LogP contribution in [0, 0.1) is 34.5 Å². The number of allylic oxidation sites excluding steroid dienone is 4. The first kappa shape index (κ1) is 58.4. The predicted molar refractivity (Wildman–Crippen MR) is 268 cm³/mol. The van der Waals surface area contributed by atoms with Gasteiger partial charge in [0.1, 0.15) is 6.10 Å². The van der Waals surface area contributed by atoms with Crippen molar-refractivity contribution in [3.8, 4) is 0 Å². The van der Waals surface area contributed by atoms with Crippen LogP contribution in [0.4, 0.5) is 0 Å². The third-order valence-corrected chi connectivity index (χ3v) is 19.3. The highest BCUT2D eigenvalue weighted by molar-refractivity contribution is 7.91. The molecule has 0 aromatic heterocycles. The molecule has 8 rings (SSSR count). The van der Waals surface area contributed by atoms with E-state index in [4.69, 9.17) is 4.74 Å². The highest BCUT2D eigenvalue weighted by Gasteiger charge is 2.63. The minimum absolute atomic E-state index is 0.121. The number of ether oxygens (including phenoxy) is 2. The molecule has 8 aliphatic rings. The summed E-state index contributed by atoms with van der Waals surface area (Å²) in [7, 11) is -7.46. The number of sulfonamides is 2. The molecule has 0 aromatic rings. The number of fused-ring (bicyclic) bond motifs is 4. The predicted octanol–water partition coefficient (Wildman–Crippen LogP) is 4.02. The van der Waals surface area contributed by atoms with Gasteiger partial charge in [-0.3, -0.25) is 52.6 Å². The van der Waals surface area contributed by atoms with Crippen LogP contribution in [0.2, 0.25) is 0 Å². The minimum atomic E-state index is -3.74. The second-order valence-corrected chi connectivity index (χ2v) is 25.9. The van der Waals surface area contributed by atoms with Crippen LogP contribution in [-0.4, -0.2) is 133 Å². The Hall–Kier alpha value is -4.83. The van der Waals surface area contributed by atoms with Gasteiger partial charge in [0, 0.05) is 64.8 Å². The number of hydrogen-bond acceptors (Lipinski definition) is 16. The van der Waals surface area contributed by atoms with Crippen LogP contribution < -0.4 is 9.44 Å². The second-order valence-electron chi connectivity index (χ2n) is 22.0. The molecule has 74 heavy (non-hydrogen) atoms. The van der Waals surface area contributed by atoms with Crippen molar-refractivity contribution >= 4 is 73.1 Å². The molecule has 10 atom stereocenters. The summed E-state index contributed by atoms with van der Waals surface area (Å²) in [5.74, 6) is -4.58. The molecule has 2 saturated heterocycles. The summed E-state index contributed by atoms with van der Waals surface area (Å²) >= 11 is 0. The Morgan fingerprint density at radius 1 is 0.595 bits per heavy atom. The lowest BCUT2D eigenvalue weighted by Gasteiger charge is -2.27. The Kier molecular flexibility index (Phi) is 19.3. The number of aliphatic hydroxyl groups excluding tert-OH is 1. The number of ketones is 2. The Morgan fingerprint density at radius 3 is 1.41 bits per heavy atom. The molecule has 0 spiro atoms. The largest absolute Gasteiger partial charge is 0.461 e. The Balaban J connectivity index is 0.000000214. The summed E-state index contributed by atoms with van der Waals surface area (Å²) in [4.78, 5) is 114. The number of aliphatic hydroxyl groups is 1. The van der Waals surface area contributed by atoms with Crippen molar-refractivity contribution in [2.75, 3.05) is 13.1 Å². The van der Waals surface area contributed by atoms with E-state index >= 15 is 0 Å². The van der Waals surface area contributed by atoms with E-state index in [1.54, 1.807) is 0 Å². The van der Waals surface area contributed by atoms with Gasteiger partial charge in [-0.2, -0.15) is 0 Å². The summed E-state index contributed by atoms with van der Waals surface area (Å²) in [5.41, 5.74) is -2.22. The van der Waals surface area contributed by atoms with Gasteiger partial charge >= 0.3 is 17.9 Å². The van der Waals surface area contributed by atoms with Crippen LogP contribution in [0.15, 0.2) is 24.3 Å². The molecule has 0 bridgehead atoms.